The summed E-state index contributed by atoms with van der Waals surface area (Å²) in [7, 11) is 0. The van der Waals surface area contributed by atoms with Crippen molar-refractivity contribution in [2.45, 2.75) is 26.7 Å². The minimum absolute atomic E-state index is 0.147. The summed E-state index contributed by atoms with van der Waals surface area (Å²) in [6, 6.07) is 0. The van der Waals surface area contributed by atoms with Crippen molar-refractivity contribution < 1.29 is 14.4 Å². The van der Waals surface area contributed by atoms with E-state index in [0.717, 1.165) is 10.5 Å². The van der Waals surface area contributed by atoms with Crippen LogP contribution in [0.25, 0.3) is 0 Å². The molecule has 5 nitrogen and oxygen atoms in total. The van der Waals surface area contributed by atoms with Crippen molar-refractivity contribution in [2.75, 3.05) is 19.6 Å². The van der Waals surface area contributed by atoms with E-state index in [9.17, 15) is 14.4 Å². The lowest BCUT2D eigenvalue weighted by molar-refractivity contribution is -0.146. The van der Waals surface area contributed by atoms with E-state index < -0.39 is 0 Å². The first-order chi connectivity index (χ1) is 9.95. The monoisotopic (exact) mass is 290 g/mol. The topological polar surface area (TPSA) is 57.7 Å². The van der Waals surface area contributed by atoms with Gasteiger partial charge in [-0.3, -0.25) is 19.3 Å². The average Bonchev–Trinajstić information content (AvgIpc) is 2.70. The van der Waals surface area contributed by atoms with Crippen molar-refractivity contribution in [3.05, 3.63) is 24.3 Å². The molecule has 3 amide bonds. The number of likely N-dealkylation sites (N-methyl/N-ethyl adjacent to an activating group) is 1. The first-order valence-electron chi connectivity index (χ1n) is 7.38. The van der Waals surface area contributed by atoms with Gasteiger partial charge >= 0.3 is 0 Å². The van der Waals surface area contributed by atoms with Gasteiger partial charge in [0.2, 0.25) is 17.7 Å². The van der Waals surface area contributed by atoms with Gasteiger partial charge in [0.25, 0.3) is 0 Å². The Labute approximate surface area is 125 Å². The molecule has 21 heavy (non-hydrogen) atoms. The molecule has 1 fully saturated rings. The van der Waals surface area contributed by atoms with Crippen LogP contribution in [0.15, 0.2) is 24.3 Å². The standard InChI is InChI=1S/C16H22N2O3/c1-4-17(9-11(2)3)14(19)10-18-15(20)12-7-5-6-8-13(12)16(18)21/h5-6,12-13H,2,4,7-10H2,1,3H3/t12-,13-/m1/s1. The summed E-state index contributed by atoms with van der Waals surface area (Å²) in [6.45, 7) is 8.37. The van der Waals surface area contributed by atoms with Gasteiger partial charge in [0.15, 0.2) is 0 Å². The van der Waals surface area contributed by atoms with Gasteiger partial charge in [-0.15, -0.1) is 0 Å². The van der Waals surface area contributed by atoms with Crippen LogP contribution in [0.1, 0.15) is 26.7 Å². The quantitative estimate of drug-likeness (QED) is 0.567. The Kier molecular flexibility index (Phi) is 4.60. The van der Waals surface area contributed by atoms with Gasteiger partial charge in [0.05, 0.1) is 11.8 Å². The first-order valence-corrected chi connectivity index (χ1v) is 7.38. The Morgan fingerprint density at radius 1 is 1.29 bits per heavy atom. The van der Waals surface area contributed by atoms with Gasteiger partial charge < -0.3 is 4.90 Å². The SMILES string of the molecule is C=C(C)CN(CC)C(=O)CN1C(=O)[C@@H]2CC=CC[C@H]2C1=O. The van der Waals surface area contributed by atoms with Gasteiger partial charge in [-0.1, -0.05) is 24.3 Å². The summed E-state index contributed by atoms with van der Waals surface area (Å²) < 4.78 is 0. The number of fused-ring (bicyclic) bond motifs is 1. The van der Waals surface area contributed by atoms with Crippen LogP contribution in [-0.2, 0) is 14.4 Å². The molecule has 2 atom stereocenters. The molecule has 0 bridgehead atoms. The van der Waals surface area contributed by atoms with E-state index in [4.69, 9.17) is 0 Å². The molecule has 0 N–H and O–H groups in total. The molecule has 0 aromatic rings. The van der Waals surface area contributed by atoms with Gasteiger partial charge in [-0.05, 0) is 26.7 Å². The van der Waals surface area contributed by atoms with Crippen molar-refractivity contribution in [2.24, 2.45) is 11.8 Å². The van der Waals surface area contributed by atoms with Gasteiger partial charge in [-0.25, -0.2) is 0 Å². The minimum atomic E-state index is -0.272. The molecule has 1 heterocycles. The number of rotatable bonds is 5. The zero-order valence-electron chi connectivity index (χ0n) is 12.7. The molecule has 0 spiro atoms. The first kappa shape index (κ1) is 15.5. The molecule has 0 aromatic heterocycles. The Bertz CT molecular complexity index is 484. The lowest BCUT2D eigenvalue weighted by Crippen LogP contribution is -2.43. The van der Waals surface area contributed by atoms with Crippen LogP contribution in [0.5, 0.6) is 0 Å². The third-order valence-corrected chi connectivity index (χ3v) is 4.09. The third-order valence-electron chi connectivity index (χ3n) is 4.09. The second kappa shape index (κ2) is 6.24. The fourth-order valence-electron chi connectivity index (χ4n) is 2.96. The van der Waals surface area contributed by atoms with Gasteiger partial charge in [0.1, 0.15) is 6.54 Å². The number of likely N-dealkylation sites (tertiary alicyclic amines) is 1. The molecule has 0 radical (unpaired) electrons. The predicted octanol–water partition coefficient (Wildman–Crippen LogP) is 1.36. The molecule has 2 rings (SSSR count). The molecule has 1 aliphatic heterocycles. The van der Waals surface area contributed by atoms with E-state index in [-0.39, 0.29) is 36.1 Å². The van der Waals surface area contributed by atoms with Crippen LogP contribution < -0.4 is 0 Å². The number of allylic oxidation sites excluding steroid dienone is 2. The number of amides is 3. The highest BCUT2D eigenvalue weighted by molar-refractivity contribution is 6.07. The molecule has 0 saturated carbocycles. The summed E-state index contributed by atoms with van der Waals surface area (Å²) in [5.74, 6) is -1.14. The van der Waals surface area contributed by atoms with Crippen LogP contribution in [-0.4, -0.2) is 47.2 Å². The van der Waals surface area contributed by atoms with Crippen LogP contribution in [0.2, 0.25) is 0 Å². The summed E-state index contributed by atoms with van der Waals surface area (Å²) >= 11 is 0. The second-order valence-electron chi connectivity index (χ2n) is 5.78. The Hall–Kier alpha value is -1.91. The maximum atomic E-state index is 12.3. The summed E-state index contributed by atoms with van der Waals surface area (Å²) in [5.41, 5.74) is 0.877. The zero-order valence-corrected chi connectivity index (χ0v) is 12.7. The summed E-state index contributed by atoms with van der Waals surface area (Å²) in [4.78, 5) is 39.6. The molecule has 1 aliphatic carbocycles. The molecular weight excluding hydrogens is 268 g/mol. The smallest absolute Gasteiger partial charge is 0.243 e. The molecule has 2 aliphatic rings. The van der Waals surface area contributed by atoms with Crippen molar-refractivity contribution >= 4 is 17.7 Å². The number of imide groups is 1. The minimum Gasteiger partial charge on any atom is -0.337 e. The maximum Gasteiger partial charge on any atom is 0.243 e. The van der Waals surface area contributed by atoms with E-state index in [2.05, 4.69) is 6.58 Å². The molecule has 0 aromatic carbocycles. The number of carbonyl (C=O) groups is 3. The number of hydrogen-bond donors (Lipinski definition) is 0. The number of nitrogens with zero attached hydrogens (tertiary/aromatic N) is 2. The van der Waals surface area contributed by atoms with Crippen molar-refractivity contribution in [1.82, 2.24) is 9.80 Å². The van der Waals surface area contributed by atoms with Gasteiger partial charge in [-0.2, -0.15) is 0 Å². The van der Waals surface area contributed by atoms with Crippen molar-refractivity contribution in [3.8, 4) is 0 Å². The normalized spacial score (nSPS) is 24.2. The maximum absolute atomic E-state index is 12.3. The second-order valence-corrected chi connectivity index (χ2v) is 5.78. The predicted molar refractivity (Wildman–Crippen MR) is 79.1 cm³/mol. The zero-order chi connectivity index (χ0) is 15.6. The highest BCUT2D eigenvalue weighted by atomic mass is 16.2. The Morgan fingerprint density at radius 3 is 2.24 bits per heavy atom. The highest BCUT2D eigenvalue weighted by Crippen LogP contribution is 2.34. The average molecular weight is 290 g/mol. The van der Waals surface area contributed by atoms with Crippen LogP contribution in [0.3, 0.4) is 0 Å². The molecule has 5 heteroatoms. The molecule has 114 valence electrons. The number of carbonyl (C=O) groups excluding carboxylic acids is 3. The lowest BCUT2D eigenvalue weighted by Gasteiger charge is -2.23. The van der Waals surface area contributed by atoms with Crippen LogP contribution >= 0.6 is 0 Å². The largest absolute Gasteiger partial charge is 0.337 e. The fraction of sp³-hybridized carbons (Fsp3) is 0.562. The van der Waals surface area contributed by atoms with E-state index in [1.165, 1.54) is 0 Å². The molecule has 1 saturated heterocycles. The number of hydrogen-bond acceptors (Lipinski definition) is 3. The van der Waals surface area contributed by atoms with Crippen LogP contribution in [0.4, 0.5) is 0 Å². The fourth-order valence-corrected chi connectivity index (χ4v) is 2.96. The molecular formula is C16H22N2O3. The van der Waals surface area contributed by atoms with Crippen LogP contribution in [0, 0.1) is 11.8 Å². The van der Waals surface area contributed by atoms with E-state index >= 15 is 0 Å². The lowest BCUT2D eigenvalue weighted by atomic mass is 9.85. The Balaban J connectivity index is 2.05. The summed E-state index contributed by atoms with van der Waals surface area (Å²) in [6.07, 6.45) is 5.08. The molecule has 0 unspecified atom stereocenters. The summed E-state index contributed by atoms with van der Waals surface area (Å²) in [5, 5.41) is 0. The van der Waals surface area contributed by atoms with Crippen molar-refractivity contribution in [1.29, 1.82) is 0 Å². The van der Waals surface area contributed by atoms with E-state index in [0.29, 0.717) is 25.9 Å². The third kappa shape index (κ3) is 3.06. The van der Waals surface area contributed by atoms with Gasteiger partial charge in [0, 0.05) is 13.1 Å². The van der Waals surface area contributed by atoms with E-state index in [1.54, 1.807) is 4.90 Å². The van der Waals surface area contributed by atoms with E-state index in [1.807, 2.05) is 26.0 Å². The highest BCUT2D eigenvalue weighted by Gasteiger charge is 2.47. The van der Waals surface area contributed by atoms with Crippen molar-refractivity contribution in [3.63, 3.8) is 0 Å². The Morgan fingerprint density at radius 2 is 1.81 bits per heavy atom.